The molecule has 1 atom stereocenters. The predicted octanol–water partition coefficient (Wildman–Crippen LogP) is 2.81. The Morgan fingerprint density at radius 3 is 2.88 bits per heavy atom. The van der Waals surface area contributed by atoms with Gasteiger partial charge < -0.3 is 4.74 Å². The number of Topliss-reactive ketones (excluding diaryl/α,β-unsaturated/α-hetero) is 1. The molecule has 1 aliphatic rings. The van der Waals surface area contributed by atoms with Crippen molar-refractivity contribution in [3.63, 3.8) is 0 Å². The van der Waals surface area contributed by atoms with E-state index in [4.69, 9.17) is 4.74 Å². The minimum atomic E-state index is -0.521. The molecule has 1 rings (SSSR count). The average molecular weight is 236 g/mol. The monoisotopic (exact) mass is 236 g/mol. The second-order valence-corrected chi connectivity index (χ2v) is 4.36. The smallest absolute Gasteiger partial charge is 0.330 e. The lowest BCUT2D eigenvalue weighted by Crippen LogP contribution is -2.32. The third kappa shape index (κ3) is 3.55. The van der Waals surface area contributed by atoms with Crippen LogP contribution in [0.4, 0.5) is 0 Å². The Labute approximate surface area is 103 Å². The number of rotatable bonds is 5. The lowest BCUT2D eigenvalue weighted by Gasteiger charge is -2.31. The van der Waals surface area contributed by atoms with E-state index in [1.165, 1.54) is 6.08 Å². The van der Waals surface area contributed by atoms with Crippen LogP contribution in [0.2, 0.25) is 0 Å². The van der Waals surface area contributed by atoms with Gasteiger partial charge in [-0.25, -0.2) is 4.79 Å². The number of ether oxygens (including phenoxy) is 1. The fourth-order valence-electron chi connectivity index (χ4n) is 2.25. The van der Waals surface area contributed by atoms with Crippen molar-refractivity contribution in [2.45, 2.75) is 39.0 Å². The normalized spacial score (nSPS) is 24.9. The van der Waals surface area contributed by atoms with E-state index in [2.05, 4.69) is 6.58 Å². The maximum Gasteiger partial charge on any atom is 0.330 e. The van der Waals surface area contributed by atoms with E-state index in [0.29, 0.717) is 19.4 Å². The molecule has 3 nitrogen and oxygen atoms in total. The molecule has 94 valence electrons. The number of allylic oxidation sites excluding steroid dienone is 2. The summed E-state index contributed by atoms with van der Waals surface area (Å²) in [7, 11) is 0. The first kappa shape index (κ1) is 13.7. The standard InChI is InChI=1S/C14H20O3/c1-3-9-14(10-6-5-7-12(14)15)11-8-13(16)17-4-2/h3,8,11H,1,4-7,9-10H2,2H3/b11-8+/t14-/m1/s1. The van der Waals surface area contributed by atoms with Crippen LogP contribution in [0.5, 0.6) is 0 Å². The van der Waals surface area contributed by atoms with E-state index in [0.717, 1.165) is 19.3 Å². The van der Waals surface area contributed by atoms with Crippen LogP contribution < -0.4 is 0 Å². The molecule has 3 heteroatoms. The summed E-state index contributed by atoms with van der Waals surface area (Å²) in [5, 5.41) is 0. The van der Waals surface area contributed by atoms with Gasteiger partial charge in [0.25, 0.3) is 0 Å². The molecule has 0 saturated heterocycles. The van der Waals surface area contributed by atoms with Crippen LogP contribution in [0.15, 0.2) is 24.8 Å². The largest absolute Gasteiger partial charge is 0.463 e. The highest BCUT2D eigenvalue weighted by atomic mass is 16.5. The number of ketones is 1. The van der Waals surface area contributed by atoms with Crippen LogP contribution >= 0.6 is 0 Å². The Bertz CT molecular complexity index is 330. The van der Waals surface area contributed by atoms with Crippen LogP contribution in [0.25, 0.3) is 0 Å². The quantitative estimate of drug-likeness (QED) is 0.419. The molecule has 0 heterocycles. The van der Waals surface area contributed by atoms with Crippen molar-refractivity contribution in [2.75, 3.05) is 6.61 Å². The Morgan fingerprint density at radius 2 is 2.29 bits per heavy atom. The summed E-state index contributed by atoms with van der Waals surface area (Å²) in [6.45, 7) is 5.81. The molecule has 0 aromatic rings. The maximum atomic E-state index is 12.0. The van der Waals surface area contributed by atoms with Gasteiger partial charge >= 0.3 is 5.97 Å². The summed E-state index contributed by atoms with van der Waals surface area (Å²) >= 11 is 0. The van der Waals surface area contributed by atoms with Gasteiger partial charge in [0.05, 0.1) is 12.0 Å². The van der Waals surface area contributed by atoms with Crippen LogP contribution in [0, 0.1) is 5.41 Å². The molecule has 0 aromatic carbocycles. The van der Waals surface area contributed by atoms with Crippen LogP contribution in [-0.2, 0) is 14.3 Å². The number of hydrogen-bond acceptors (Lipinski definition) is 3. The van der Waals surface area contributed by atoms with Crippen molar-refractivity contribution in [1.29, 1.82) is 0 Å². The summed E-state index contributed by atoms with van der Waals surface area (Å²) in [6, 6.07) is 0. The Balaban J connectivity index is 2.80. The van der Waals surface area contributed by atoms with Crippen molar-refractivity contribution in [2.24, 2.45) is 5.41 Å². The minimum Gasteiger partial charge on any atom is -0.463 e. The second-order valence-electron chi connectivity index (χ2n) is 4.36. The first-order valence-electron chi connectivity index (χ1n) is 6.15. The molecule has 1 aliphatic carbocycles. The van der Waals surface area contributed by atoms with E-state index < -0.39 is 5.41 Å². The van der Waals surface area contributed by atoms with E-state index in [1.54, 1.807) is 19.1 Å². The van der Waals surface area contributed by atoms with E-state index in [1.807, 2.05) is 0 Å². The molecule has 1 saturated carbocycles. The van der Waals surface area contributed by atoms with Gasteiger partial charge in [-0.05, 0) is 26.2 Å². The van der Waals surface area contributed by atoms with Gasteiger partial charge in [-0.1, -0.05) is 18.6 Å². The average Bonchev–Trinajstić information content (AvgIpc) is 2.31. The fraction of sp³-hybridized carbons (Fsp3) is 0.571. The van der Waals surface area contributed by atoms with Gasteiger partial charge in [-0.3, -0.25) is 4.79 Å². The zero-order valence-corrected chi connectivity index (χ0v) is 10.4. The Kier molecular flexibility index (Phi) is 5.13. The van der Waals surface area contributed by atoms with E-state index >= 15 is 0 Å². The topological polar surface area (TPSA) is 43.4 Å². The molecule has 0 spiro atoms. The minimum absolute atomic E-state index is 0.212. The number of carbonyl (C=O) groups excluding carboxylic acids is 2. The number of hydrogen-bond donors (Lipinski definition) is 0. The first-order chi connectivity index (χ1) is 8.14. The zero-order valence-electron chi connectivity index (χ0n) is 10.4. The lowest BCUT2D eigenvalue weighted by molar-refractivity contribution is -0.137. The highest BCUT2D eigenvalue weighted by Gasteiger charge is 2.36. The highest BCUT2D eigenvalue weighted by Crippen LogP contribution is 2.38. The van der Waals surface area contributed by atoms with Crippen molar-refractivity contribution < 1.29 is 14.3 Å². The van der Waals surface area contributed by atoms with Gasteiger partial charge in [0.15, 0.2) is 0 Å². The van der Waals surface area contributed by atoms with Gasteiger partial charge in [0, 0.05) is 12.5 Å². The summed E-state index contributed by atoms with van der Waals surface area (Å²) in [6.07, 6.45) is 8.82. The van der Waals surface area contributed by atoms with Gasteiger partial charge in [0.2, 0.25) is 0 Å². The van der Waals surface area contributed by atoms with Gasteiger partial charge in [-0.2, -0.15) is 0 Å². The van der Waals surface area contributed by atoms with E-state index in [9.17, 15) is 9.59 Å². The summed E-state index contributed by atoms with van der Waals surface area (Å²) in [5.74, 6) is -0.168. The van der Waals surface area contributed by atoms with Gasteiger partial charge in [0.1, 0.15) is 5.78 Å². The molecule has 0 aliphatic heterocycles. The molecule has 0 bridgehead atoms. The third-order valence-corrected chi connectivity index (χ3v) is 3.17. The van der Waals surface area contributed by atoms with Crippen LogP contribution in [0.1, 0.15) is 39.0 Å². The molecule has 0 aromatic heterocycles. The summed E-state index contributed by atoms with van der Waals surface area (Å²) in [4.78, 5) is 23.3. The molecule has 0 radical (unpaired) electrons. The Hall–Kier alpha value is -1.38. The number of carbonyl (C=O) groups is 2. The van der Waals surface area contributed by atoms with Crippen LogP contribution in [-0.4, -0.2) is 18.4 Å². The zero-order chi connectivity index (χ0) is 12.7. The second kappa shape index (κ2) is 6.38. The predicted molar refractivity (Wildman–Crippen MR) is 66.5 cm³/mol. The van der Waals surface area contributed by atoms with Crippen molar-refractivity contribution >= 4 is 11.8 Å². The Morgan fingerprint density at radius 1 is 1.53 bits per heavy atom. The molecule has 0 N–H and O–H groups in total. The molecular formula is C14H20O3. The summed E-state index contributed by atoms with van der Waals surface area (Å²) < 4.78 is 4.83. The fourth-order valence-corrected chi connectivity index (χ4v) is 2.25. The lowest BCUT2D eigenvalue weighted by atomic mass is 9.70. The molecule has 1 fully saturated rings. The van der Waals surface area contributed by atoms with E-state index in [-0.39, 0.29) is 11.8 Å². The highest BCUT2D eigenvalue weighted by molar-refractivity contribution is 5.90. The molecule has 0 amide bonds. The molecule has 0 unspecified atom stereocenters. The first-order valence-corrected chi connectivity index (χ1v) is 6.15. The maximum absolute atomic E-state index is 12.0. The van der Waals surface area contributed by atoms with Crippen molar-refractivity contribution in [1.82, 2.24) is 0 Å². The van der Waals surface area contributed by atoms with Crippen molar-refractivity contribution in [3.8, 4) is 0 Å². The van der Waals surface area contributed by atoms with Crippen molar-refractivity contribution in [3.05, 3.63) is 24.8 Å². The van der Waals surface area contributed by atoms with Crippen LogP contribution in [0.3, 0.4) is 0 Å². The summed E-state index contributed by atoms with van der Waals surface area (Å²) in [5.41, 5.74) is -0.521. The SMILES string of the molecule is C=CC[C@]1(/C=C/C(=O)OCC)CCCCC1=O. The third-order valence-electron chi connectivity index (χ3n) is 3.17. The molecular weight excluding hydrogens is 216 g/mol. The van der Waals surface area contributed by atoms with Gasteiger partial charge in [-0.15, -0.1) is 6.58 Å². The number of esters is 1. The molecule has 17 heavy (non-hydrogen) atoms.